The van der Waals surface area contributed by atoms with E-state index in [0.717, 1.165) is 22.6 Å². The van der Waals surface area contributed by atoms with E-state index in [1.165, 1.54) is 17.8 Å². The molecule has 1 aliphatic rings. The number of aryl methyl sites for hydroxylation is 1. The van der Waals surface area contributed by atoms with Crippen molar-refractivity contribution in [2.75, 3.05) is 18.1 Å². The number of benzene rings is 2. The van der Waals surface area contributed by atoms with Crippen molar-refractivity contribution in [3.63, 3.8) is 0 Å². The number of nitrogens with zero attached hydrogens (tertiary/aromatic N) is 5. The average molecular weight is 430 g/mol. The first-order chi connectivity index (χ1) is 14.1. The van der Waals surface area contributed by atoms with Gasteiger partial charge in [-0.15, -0.1) is 16.9 Å². The predicted molar refractivity (Wildman–Crippen MR) is 113 cm³/mol. The van der Waals surface area contributed by atoms with Gasteiger partial charge in [-0.1, -0.05) is 42.1 Å². The molecule has 1 amide bonds. The smallest absolute Gasteiger partial charge is 0.234 e. The first-order valence-corrected chi connectivity index (χ1v) is 11.2. The van der Waals surface area contributed by atoms with Crippen LogP contribution in [0.1, 0.15) is 22.1 Å². The largest absolute Gasteiger partial charge is 0.325 e. The van der Waals surface area contributed by atoms with Crippen LogP contribution in [-0.2, 0) is 4.79 Å². The molecule has 1 aromatic heterocycles. The molecule has 6 nitrogen and oxygen atoms in total. The van der Waals surface area contributed by atoms with Crippen LogP contribution >= 0.6 is 23.5 Å². The molecule has 0 radical (unpaired) electrons. The maximum atomic E-state index is 14.2. The van der Waals surface area contributed by atoms with Crippen molar-refractivity contribution in [3.05, 3.63) is 65.0 Å². The minimum Gasteiger partial charge on any atom is -0.325 e. The lowest BCUT2D eigenvalue weighted by Gasteiger charge is -2.24. The van der Waals surface area contributed by atoms with Gasteiger partial charge in [-0.2, -0.15) is 4.68 Å². The van der Waals surface area contributed by atoms with Crippen LogP contribution in [0.5, 0.6) is 0 Å². The summed E-state index contributed by atoms with van der Waals surface area (Å²) >= 11 is 2.88. The molecule has 2 aromatic carbocycles. The second kappa shape index (κ2) is 8.54. The van der Waals surface area contributed by atoms with Crippen molar-refractivity contribution >= 4 is 29.4 Å². The number of carbonyl (C=O) groups excluding carboxylic acids is 1. The topological polar surface area (TPSA) is 63.9 Å². The molecule has 0 unspecified atom stereocenters. The second-order valence-electron chi connectivity index (χ2n) is 6.71. The molecule has 0 aliphatic carbocycles. The fourth-order valence-corrected chi connectivity index (χ4v) is 5.32. The van der Waals surface area contributed by atoms with Gasteiger partial charge in [-0.3, -0.25) is 4.79 Å². The number of halogens is 1. The third kappa shape index (κ3) is 4.02. The van der Waals surface area contributed by atoms with Crippen LogP contribution in [0.3, 0.4) is 0 Å². The maximum absolute atomic E-state index is 14.2. The first kappa shape index (κ1) is 19.9. The Morgan fingerprint density at radius 1 is 1.24 bits per heavy atom. The molecule has 0 saturated carbocycles. The molecule has 1 fully saturated rings. The standard InChI is InChI=1S/C20H20FN5OS2/c1-13-6-5-9-17(14(13)2)26-20(22-23-24-26)29-12-18(27)25-10-11-28-19(25)15-7-3-4-8-16(15)21/h3-9,19H,10-12H2,1-2H3/t19-/m1/s1. The van der Waals surface area contributed by atoms with Gasteiger partial charge >= 0.3 is 0 Å². The summed E-state index contributed by atoms with van der Waals surface area (Å²) in [6, 6.07) is 12.6. The highest BCUT2D eigenvalue weighted by Crippen LogP contribution is 2.39. The molecule has 2 heterocycles. The van der Waals surface area contributed by atoms with Crippen LogP contribution in [0.2, 0.25) is 0 Å². The third-order valence-corrected chi connectivity index (χ3v) is 7.10. The zero-order valence-corrected chi connectivity index (χ0v) is 17.7. The third-order valence-electron chi connectivity index (χ3n) is 4.95. The number of tetrazole rings is 1. The van der Waals surface area contributed by atoms with Crippen molar-refractivity contribution in [3.8, 4) is 5.69 Å². The average Bonchev–Trinajstić information content (AvgIpc) is 3.38. The number of amides is 1. The van der Waals surface area contributed by atoms with E-state index in [4.69, 9.17) is 0 Å². The second-order valence-corrected chi connectivity index (χ2v) is 8.84. The van der Waals surface area contributed by atoms with Crippen molar-refractivity contribution < 1.29 is 9.18 Å². The highest BCUT2D eigenvalue weighted by Gasteiger charge is 2.32. The Hall–Kier alpha value is -2.39. The molecule has 29 heavy (non-hydrogen) atoms. The van der Waals surface area contributed by atoms with Gasteiger partial charge in [0.15, 0.2) is 0 Å². The molecule has 1 aliphatic heterocycles. The van der Waals surface area contributed by atoms with Crippen LogP contribution in [0, 0.1) is 19.7 Å². The van der Waals surface area contributed by atoms with Gasteiger partial charge in [0.25, 0.3) is 0 Å². The Bertz CT molecular complexity index is 1040. The Balaban J connectivity index is 1.49. The summed E-state index contributed by atoms with van der Waals surface area (Å²) in [5.74, 6) is 0.645. The highest BCUT2D eigenvalue weighted by molar-refractivity contribution is 8.00. The highest BCUT2D eigenvalue weighted by atomic mass is 32.2. The van der Waals surface area contributed by atoms with Crippen LogP contribution < -0.4 is 0 Å². The molecule has 0 bridgehead atoms. The quantitative estimate of drug-likeness (QED) is 0.575. The lowest BCUT2D eigenvalue weighted by molar-refractivity contribution is -0.128. The van der Waals surface area contributed by atoms with E-state index < -0.39 is 0 Å². The van der Waals surface area contributed by atoms with Crippen LogP contribution in [-0.4, -0.2) is 49.1 Å². The monoisotopic (exact) mass is 429 g/mol. The molecule has 3 aromatic rings. The maximum Gasteiger partial charge on any atom is 0.234 e. The minimum atomic E-state index is -0.292. The summed E-state index contributed by atoms with van der Waals surface area (Å²) in [6.45, 7) is 4.66. The van der Waals surface area contributed by atoms with Crippen LogP contribution in [0.15, 0.2) is 47.6 Å². The molecular weight excluding hydrogens is 409 g/mol. The fourth-order valence-electron chi connectivity index (χ4n) is 3.25. The van der Waals surface area contributed by atoms with E-state index in [9.17, 15) is 9.18 Å². The van der Waals surface area contributed by atoms with E-state index >= 15 is 0 Å². The van der Waals surface area contributed by atoms with Gasteiger partial charge in [-0.05, 0) is 47.5 Å². The summed E-state index contributed by atoms with van der Waals surface area (Å²) in [5, 5.41) is 12.2. The summed E-state index contributed by atoms with van der Waals surface area (Å²) in [5.41, 5.74) is 3.68. The Morgan fingerprint density at radius 2 is 2.07 bits per heavy atom. The zero-order chi connectivity index (χ0) is 20.4. The normalized spacial score (nSPS) is 16.4. The van der Waals surface area contributed by atoms with E-state index in [1.54, 1.807) is 39.5 Å². The van der Waals surface area contributed by atoms with Gasteiger partial charge in [0.2, 0.25) is 11.1 Å². The molecule has 4 rings (SSSR count). The zero-order valence-electron chi connectivity index (χ0n) is 16.1. The minimum absolute atomic E-state index is 0.0521. The molecule has 1 atom stereocenters. The van der Waals surface area contributed by atoms with E-state index in [-0.39, 0.29) is 22.9 Å². The number of hydrogen-bond donors (Lipinski definition) is 0. The van der Waals surface area contributed by atoms with Crippen molar-refractivity contribution in [2.24, 2.45) is 0 Å². The molecule has 9 heteroatoms. The lowest BCUT2D eigenvalue weighted by Crippen LogP contribution is -2.32. The Labute approximate surface area is 176 Å². The van der Waals surface area contributed by atoms with E-state index in [2.05, 4.69) is 15.5 Å². The number of thioether (sulfide) groups is 2. The summed E-state index contributed by atoms with van der Waals surface area (Å²) in [6.07, 6.45) is 0. The SMILES string of the molecule is Cc1cccc(-n2nnnc2SCC(=O)N2CCS[C@@H]2c2ccccc2F)c1C. The number of aromatic nitrogens is 4. The predicted octanol–water partition coefficient (Wildman–Crippen LogP) is 3.78. The molecule has 1 saturated heterocycles. The van der Waals surface area contributed by atoms with Crippen molar-refractivity contribution in [1.29, 1.82) is 0 Å². The van der Waals surface area contributed by atoms with Crippen molar-refractivity contribution in [1.82, 2.24) is 25.1 Å². The molecule has 0 spiro atoms. The Kier molecular flexibility index (Phi) is 5.86. The van der Waals surface area contributed by atoms with Gasteiger partial charge < -0.3 is 4.90 Å². The molecule has 150 valence electrons. The fraction of sp³-hybridized carbons (Fsp3) is 0.300. The number of carbonyl (C=O) groups is 1. The number of rotatable bonds is 5. The van der Waals surface area contributed by atoms with E-state index in [1.807, 2.05) is 32.0 Å². The summed E-state index contributed by atoms with van der Waals surface area (Å²) < 4.78 is 15.9. The van der Waals surface area contributed by atoms with Crippen LogP contribution in [0.4, 0.5) is 4.39 Å². The molecule has 0 N–H and O–H groups in total. The Morgan fingerprint density at radius 3 is 2.90 bits per heavy atom. The lowest BCUT2D eigenvalue weighted by atomic mass is 10.1. The van der Waals surface area contributed by atoms with Gasteiger partial charge in [0, 0.05) is 17.9 Å². The van der Waals surface area contributed by atoms with Crippen molar-refractivity contribution in [2.45, 2.75) is 24.4 Å². The summed E-state index contributed by atoms with van der Waals surface area (Å²) in [7, 11) is 0. The molecular formula is C20H20FN5OS2. The van der Waals surface area contributed by atoms with Gasteiger partial charge in [-0.25, -0.2) is 4.39 Å². The first-order valence-electron chi connectivity index (χ1n) is 9.19. The van der Waals surface area contributed by atoms with E-state index in [0.29, 0.717) is 17.3 Å². The van der Waals surface area contributed by atoms with Crippen LogP contribution in [0.25, 0.3) is 5.69 Å². The number of hydrogen-bond acceptors (Lipinski definition) is 6. The summed E-state index contributed by atoms with van der Waals surface area (Å²) in [4.78, 5) is 14.6. The van der Waals surface area contributed by atoms with Gasteiger partial charge in [0.1, 0.15) is 11.2 Å². The van der Waals surface area contributed by atoms with Gasteiger partial charge in [0.05, 0.1) is 11.4 Å².